The van der Waals surface area contributed by atoms with Crippen LogP contribution in [0.1, 0.15) is 36.8 Å². The predicted octanol–water partition coefficient (Wildman–Crippen LogP) is 3.67. The Morgan fingerprint density at radius 2 is 1.75 bits per heavy atom. The summed E-state index contributed by atoms with van der Waals surface area (Å²) in [5.41, 5.74) is 2.03. The molecule has 4 rings (SSSR count). The molecule has 0 saturated heterocycles. The van der Waals surface area contributed by atoms with Gasteiger partial charge in [-0.25, -0.2) is 4.39 Å². The molecule has 1 aliphatic heterocycles. The summed E-state index contributed by atoms with van der Waals surface area (Å²) in [6.07, 6.45) is 3.40. The first-order chi connectivity index (χ1) is 13.5. The number of halogens is 1. The third-order valence-corrected chi connectivity index (χ3v) is 5.43. The van der Waals surface area contributed by atoms with Crippen molar-refractivity contribution in [3.8, 4) is 0 Å². The molecule has 0 radical (unpaired) electrons. The Morgan fingerprint density at radius 1 is 1.11 bits per heavy atom. The third kappa shape index (κ3) is 3.42. The zero-order chi connectivity index (χ0) is 19.7. The van der Waals surface area contributed by atoms with Crippen LogP contribution < -0.4 is 5.32 Å². The Hall–Kier alpha value is -3.02. The molecule has 6 heteroatoms. The number of aryl methyl sites for hydroxylation is 1. The topological polar surface area (TPSA) is 61.8 Å². The Morgan fingerprint density at radius 3 is 2.39 bits per heavy atom. The number of carbonyl (C=O) groups excluding carboxylic acids is 2. The van der Waals surface area contributed by atoms with Gasteiger partial charge < -0.3 is 10.2 Å². The van der Waals surface area contributed by atoms with Gasteiger partial charge in [-0.3, -0.25) is 14.6 Å². The summed E-state index contributed by atoms with van der Waals surface area (Å²) in [6.45, 7) is 1.92. The minimum absolute atomic E-state index is 0.0547. The highest BCUT2D eigenvalue weighted by molar-refractivity contribution is 6.47. The van der Waals surface area contributed by atoms with E-state index in [1.54, 1.807) is 17.0 Å². The molecule has 0 bridgehead atoms. The number of anilines is 1. The second-order valence-corrected chi connectivity index (χ2v) is 7.46. The van der Waals surface area contributed by atoms with Crippen LogP contribution >= 0.6 is 0 Å². The van der Waals surface area contributed by atoms with Gasteiger partial charge in [-0.05, 0) is 69.0 Å². The second kappa shape index (κ2) is 7.19. The van der Waals surface area contributed by atoms with Crippen LogP contribution in [-0.4, -0.2) is 34.6 Å². The van der Waals surface area contributed by atoms with Gasteiger partial charge in [0.25, 0.3) is 5.91 Å². The van der Waals surface area contributed by atoms with Crippen molar-refractivity contribution >= 4 is 23.2 Å². The number of carbonyl (C=O) groups is 2. The Kier molecular flexibility index (Phi) is 4.71. The molecule has 1 N–H and O–H groups in total. The molecule has 28 heavy (non-hydrogen) atoms. The smallest absolute Gasteiger partial charge is 0.275 e. The molecule has 2 aromatic rings. The first-order valence-corrected chi connectivity index (χ1v) is 9.51. The van der Waals surface area contributed by atoms with Gasteiger partial charge in [0, 0.05) is 11.3 Å². The maximum Gasteiger partial charge on any atom is 0.275 e. The van der Waals surface area contributed by atoms with E-state index >= 15 is 0 Å². The zero-order valence-corrected chi connectivity index (χ0v) is 15.7. The molecule has 1 spiro atoms. The molecule has 2 amide bonds. The van der Waals surface area contributed by atoms with Gasteiger partial charge >= 0.3 is 0 Å². The Labute approximate surface area is 163 Å². The van der Waals surface area contributed by atoms with Crippen molar-refractivity contribution in [1.29, 1.82) is 0 Å². The first kappa shape index (κ1) is 18.3. The molecule has 1 saturated carbocycles. The van der Waals surface area contributed by atoms with Crippen LogP contribution in [0.15, 0.2) is 53.5 Å². The largest absolute Gasteiger partial charge is 0.325 e. The van der Waals surface area contributed by atoms with Crippen LogP contribution in [0.25, 0.3) is 0 Å². The zero-order valence-electron chi connectivity index (χ0n) is 15.7. The molecule has 0 aromatic heterocycles. The number of aliphatic imine (C=N–C) groups is 1. The van der Waals surface area contributed by atoms with Crippen molar-refractivity contribution < 1.29 is 14.0 Å². The quantitative estimate of drug-likeness (QED) is 0.881. The fourth-order valence-electron chi connectivity index (χ4n) is 3.95. The van der Waals surface area contributed by atoms with E-state index in [0.29, 0.717) is 17.0 Å². The molecule has 2 aromatic carbocycles. The number of nitrogens with one attached hydrogen (secondary N) is 1. The van der Waals surface area contributed by atoms with Crippen LogP contribution in [-0.2, 0) is 9.59 Å². The summed E-state index contributed by atoms with van der Waals surface area (Å²) >= 11 is 0. The van der Waals surface area contributed by atoms with Crippen molar-refractivity contribution in [3.63, 3.8) is 0 Å². The number of amides is 2. The molecule has 2 aliphatic rings. The number of nitrogens with zero attached hydrogens (tertiary/aromatic N) is 2. The number of hydrogen-bond acceptors (Lipinski definition) is 3. The van der Waals surface area contributed by atoms with Crippen LogP contribution in [0.2, 0.25) is 0 Å². The first-order valence-electron chi connectivity index (χ1n) is 9.51. The van der Waals surface area contributed by atoms with Gasteiger partial charge in [0.1, 0.15) is 23.7 Å². The predicted molar refractivity (Wildman–Crippen MR) is 106 cm³/mol. The van der Waals surface area contributed by atoms with E-state index in [-0.39, 0.29) is 24.2 Å². The fraction of sp³-hybridized carbons (Fsp3) is 0.318. The molecule has 144 valence electrons. The van der Waals surface area contributed by atoms with Gasteiger partial charge in [0.05, 0.1) is 0 Å². The second-order valence-electron chi connectivity index (χ2n) is 7.46. The average molecular weight is 379 g/mol. The van der Waals surface area contributed by atoms with E-state index in [2.05, 4.69) is 5.32 Å². The van der Waals surface area contributed by atoms with Gasteiger partial charge in [-0.2, -0.15) is 0 Å². The molecule has 1 heterocycles. The molecular formula is C22H22FN3O2. The minimum atomic E-state index is -0.661. The van der Waals surface area contributed by atoms with Gasteiger partial charge in [-0.15, -0.1) is 0 Å². The van der Waals surface area contributed by atoms with E-state index in [9.17, 15) is 14.0 Å². The van der Waals surface area contributed by atoms with Crippen molar-refractivity contribution in [2.75, 3.05) is 11.9 Å². The number of benzene rings is 2. The maximum absolute atomic E-state index is 13.3. The Balaban J connectivity index is 1.56. The van der Waals surface area contributed by atoms with Crippen molar-refractivity contribution in [2.45, 2.75) is 38.3 Å². The lowest BCUT2D eigenvalue weighted by Gasteiger charge is -2.32. The van der Waals surface area contributed by atoms with Gasteiger partial charge in [0.15, 0.2) is 0 Å². The van der Waals surface area contributed by atoms with E-state index in [1.165, 1.54) is 12.1 Å². The summed E-state index contributed by atoms with van der Waals surface area (Å²) in [7, 11) is 0. The highest BCUT2D eigenvalue weighted by Crippen LogP contribution is 2.41. The summed E-state index contributed by atoms with van der Waals surface area (Å²) in [6, 6.07) is 13.3. The average Bonchev–Trinajstić information content (AvgIpc) is 3.25. The minimum Gasteiger partial charge on any atom is -0.325 e. The monoisotopic (exact) mass is 379 g/mol. The van der Waals surface area contributed by atoms with Crippen LogP contribution in [0.5, 0.6) is 0 Å². The standard InChI is InChI=1S/C22H22FN3O2/c1-15-4-10-18(11-5-15)24-19(27)14-26-21(28)20(16-6-8-17(23)9-7-16)25-22(26)12-2-3-13-22/h4-11H,2-3,12-14H2,1H3,(H,24,27). The van der Waals surface area contributed by atoms with Crippen molar-refractivity contribution in [1.82, 2.24) is 4.90 Å². The molecule has 5 nitrogen and oxygen atoms in total. The number of hydrogen-bond donors (Lipinski definition) is 1. The maximum atomic E-state index is 13.3. The lowest BCUT2D eigenvalue weighted by Crippen LogP contribution is -2.48. The fourth-order valence-corrected chi connectivity index (χ4v) is 3.95. The SMILES string of the molecule is Cc1ccc(NC(=O)CN2C(=O)C(c3ccc(F)cc3)=NC23CCCC3)cc1. The van der Waals surface area contributed by atoms with E-state index < -0.39 is 5.66 Å². The molecular weight excluding hydrogens is 357 g/mol. The van der Waals surface area contributed by atoms with Gasteiger partial charge in [-0.1, -0.05) is 17.7 Å². The van der Waals surface area contributed by atoms with Crippen molar-refractivity contribution in [2.24, 2.45) is 4.99 Å². The van der Waals surface area contributed by atoms with E-state index in [1.807, 2.05) is 31.2 Å². The molecule has 1 aliphatic carbocycles. The Bertz CT molecular complexity index is 929. The van der Waals surface area contributed by atoms with E-state index in [4.69, 9.17) is 4.99 Å². The lowest BCUT2D eigenvalue weighted by molar-refractivity contribution is -0.132. The highest BCUT2D eigenvalue weighted by atomic mass is 19.1. The van der Waals surface area contributed by atoms with Crippen LogP contribution in [0, 0.1) is 12.7 Å². The lowest BCUT2D eigenvalue weighted by atomic mass is 10.1. The summed E-state index contributed by atoms with van der Waals surface area (Å²) in [5.74, 6) is -0.883. The van der Waals surface area contributed by atoms with Crippen LogP contribution in [0.4, 0.5) is 10.1 Å². The van der Waals surface area contributed by atoms with Gasteiger partial charge in [0.2, 0.25) is 5.91 Å². The highest BCUT2D eigenvalue weighted by Gasteiger charge is 2.49. The van der Waals surface area contributed by atoms with E-state index in [0.717, 1.165) is 31.2 Å². The third-order valence-electron chi connectivity index (χ3n) is 5.43. The number of rotatable bonds is 4. The van der Waals surface area contributed by atoms with Crippen LogP contribution in [0.3, 0.4) is 0 Å². The summed E-state index contributed by atoms with van der Waals surface area (Å²) in [5, 5.41) is 2.85. The molecule has 0 atom stereocenters. The molecule has 1 fully saturated rings. The molecule has 0 unspecified atom stereocenters. The summed E-state index contributed by atoms with van der Waals surface area (Å²) < 4.78 is 13.3. The summed E-state index contributed by atoms with van der Waals surface area (Å²) in [4.78, 5) is 32.1. The normalized spacial score (nSPS) is 17.9. The van der Waals surface area contributed by atoms with Crippen molar-refractivity contribution in [3.05, 3.63) is 65.5 Å².